The van der Waals surface area contributed by atoms with Gasteiger partial charge >= 0.3 is 5.97 Å². The number of carboxylic acids is 1. The maximum atomic E-state index is 10.8. The van der Waals surface area contributed by atoms with Crippen molar-refractivity contribution < 1.29 is 15.0 Å². The van der Waals surface area contributed by atoms with E-state index in [9.17, 15) is 9.90 Å². The SMILES string of the molecule is CCC(C)(O)CC(CCCN)C(=O)O. The van der Waals surface area contributed by atoms with Crippen molar-refractivity contribution in [3.8, 4) is 0 Å². The largest absolute Gasteiger partial charge is 0.481 e. The zero-order valence-electron chi connectivity index (χ0n) is 8.99. The number of carboxylic acid groups (broad SMARTS) is 1. The number of hydrogen-bond acceptors (Lipinski definition) is 3. The lowest BCUT2D eigenvalue weighted by molar-refractivity contribution is -0.144. The Bertz CT molecular complexity index is 180. The summed E-state index contributed by atoms with van der Waals surface area (Å²) in [5, 5.41) is 18.7. The van der Waals surface area contributed by atoms with Crippen molar-refractivity contribution in [1.82, 2.24) is 0 Å². The minimum Gasteiger partial charge on any atom is -0.481 e. The first-order valence-corrected chi connectivity index (χ1v) is 5.08. The molecule has 0 saturated heterocycles. The average molecular weight is 203 g/mol. The summed E-state index contributed by atoms with van der Waals surface area (Å²) in [5.74, 6) is -1.32. The molecule has 2 unspecified atom stereocenters. The molecule has 0 heterocycles. The molecule has 0 spiro atoms. The second-order valence-electron chi connectivity index (χ2n) is 4.02. The molecule has 0 rings (SSSR count). The Kier molecular flexibility index (Phi) is 5.72. The zero-order valence-corrected chi connectivity index (χ0v) is 8.99. The van der Waals surface area contributed by atoms with E-state index >= 15 is 0 Å². The Balaban J connectivity index is 4.15. The topological polar surface area (TPSA) is 83.5 Å². The first kappa shape index (κ1) is 13.4. The van der Waals surface area contributed by atoms with Gasteiger partial charge in [-0.25, -0.2) is 0 Å². The van der Waals surface area contributed by atoms with Crippen LogP contribution in [0.2, 0.25) is 0 Å². The lowest BCUT2D eigenvalue weighted by Gasteiger charge is -2.25. The summed E-state index contributed by atoms with van der Waals surface area (Å²) in [6.07, 6.45) is 2.11. The number of aliphatic carboxylic acids is 1. The van der Waals surface area contributed by atoms with Crippen molar-refractivity contribution in [2.75, 3.05) is 6.54 Å². The van der Waals surface area contributed by atoms with E-state index in [-0.39, 0.29) is 0 Å². The summed E-state index contributed by atoms with van der Waals surface area (Å²) in [4.78, 5) is 10.8. The molecule has 0 saturated carbocycles. The van der Waals surface area contributed by atoms with Crippen LogP contribution >= 0.6 is 0 Å². The third-order valence-corrected chi connectivity index (χ3v) is 2.55. The van der Waals surface area contributed by atoms with Crippen LogP contribution in [0, 0.1) is 5.92 Å². The first-order valence-electron chi connectivity index (χ1n) is 5.08. The van der Waals surface area contributed by atoms with Gasteiger partial charge in [-0.3, -0.25) is 4.79 Å². The fraction of sp³-hybridized carbons (Fsp3) is 0.900. The Morgan fingerprint density at radius 3 is 2.50 bits per heavy atom. The number of hydrogen-bond donors (Lipinski definition) is 3. The molecular weight excluding hydrogens is 182 g/mol. The molecule has 0 aliphatic rings. The normalized spacial score (nSPS) is 17.4. The first-order chi connectivity index (χ1) is 6.43. The minimum absolute atomic E-state index is 0.304. The average Bonchev–Trinajstić information content (AvgIpc) is 2.12. The van der Waals surface area contributed by atoms with E-state index in [1.807, 2.05) is 6.92 Å². The highest BCUT2D eigenvalue weighted by Crippen LogP contribution is 2.23. The third-order valence-electron chi connectivity index (χ3n) is 2.55. The van der Waals surface area contributed by atoms with Gasteiger partial charge in [0.1, 0.15) is 0 Å². The Labute approximate surface area is 85.1 Å². The van der Waals surface area contributed by atoms with Crippen LogP contribution < -0.4 is 5.73 Å². The van der Waals surface area contributed by atoms with Crippen molar-refractivity contribution in [3.63, 3.8) is 0 Å². The highest BCUT2D eigenvalue weighted by Gasteiger charge is 2.27. The summed E-state index contributed by atoms with van der Waals surface area (Å²) in [6.45, 7) is 4.02. The van der Waals surface area contributed by atoms with E-state index in [4.69, 9.17) is 10.8 Å². The maximum Gasteiger partial charge on any atom is 0.306 e. The molecule has 4 N–H and O–H groups in total. The van der Waals surface area contributed by atoms with Crippen LogP contribution in [-0.4, -0.2) is 28.3 Å². The molecule has 14 heavy (non-hydrogen) atoms. The Morgan fingerprint density at radius 2 is 2.14 bits per heavy atom. The van der Waals surface area contributed by atoms with E-state index in [0.717, 1.165) is 0 Å². The van der Waals surface area contributed by atoms with E-state index in [2.05, 4.69) is 0 Å². The van der Waals surface area contributed by atoms with Crippen LogP contribution in [0.15, 0.2) is 0 Å². The summed E-state index contributed by atoms with van der Waals surface area (Å²) in [7, 11) is 0. The van der Waals surface area contributed by atoms with Gasteiger partial charge in [0.25, 0.3) is 0 Å². The fourth-order valence-electron chi connectivity index (χ4n) is 1.35. The van der Waals surface area contributed by atoms with Crippen LogP contribution in [0.25, 0.3) is 0 Å². The van der Waals surface area contributed by atoms with Gasteiger partial charge in [-0.05, 0) is 39.2 Å². The van der Waals surface area contributed by atoms with Crippen molar-refractivity contribution in [2.24, 2.45) is 11.7 Å². The second kappa shape index (κ2) is 5.98. The van der Waals surface area contributed by atoms with E-state index in [0.29, 0.717) is 32.2 Å². The Hall–Kier alpha value is -0.610. The minimum atomic E-state index is -0.877. The predicted molar refractivity (Wildman–Crippen MR) is 54.9 cm³/mol. The number of rotatable bonds is 7. The number of carbonyl (C=O) groups is 1. The van der Waals surface area contributed by atoms with Crippen LogP contribution in [0.5, 0.6) is 0 Å². The fourth-order valence-corrected chi connectivity index (χ4v) is 1.35. The summed E-state index contributed by atoms with van der Waals surface area (Å²) < 4.78 is 0. The monoisotopic (exact) mass is 203 g/mol. The molecule has 0 aromatic carbocycles. The van der Waals surface area contributed by atoms with E-state index < -0.39 is 17.5 Å². The van der Waals surface area contributed by atoms with Crippen LogP contribution in [0.4, 0.5) is 0 Å². The second-order valence-corrected chi connectivity index (χ2v) is 4.02. The molecule has 84 valence electrons. The zero-order chi connectivity index (χ0) is 11.2. The molecule has 2 atom stereocenters. The van der Waals surface area contributed by atoms with Crippen LogP contribution in [-0.2, 0) is 4.79 Å². The molecule has 0 fully saturated rings. The van der Waals surface area contributed by atoms with Gasteiger partial charge in [0.15, 0.2) is 0 Å². The van der Waals surface area contributed by atoms with Gasteiger partial charge < -0.3 is 15.9 Å². The van der Waals surface area contributed by atoms with Gasteiger partial charge in [0.05, 0.1) is 11.5 Å². The van der Waals surface area contributed by atoms with Gasteiger partial charge in [0.2, 0.25) is 0 Å². The van der Waals surface area contributed by atoms with Gasteiger partial charge in [-0.2, -0.15) is 0 Å². The van der Waals surface area contributed by atoms with Gasteiger partial charge in [0, 0.05) is 0 Å². The molecule has 4 nitrogen and oxygen atoms in total. The molecule has 0 aliphatic carbocycles. The predicted octanol–water partition coefficient (Wildman–Crippen LogP) is 0.977. The van der Waals surface area contributed by atoms with E-state index in [1.54, 1.807) is 6.92 Å². The van der Waals surface area contributed by atoms with Crippen molar-refractivity contribution in [2.45, 2.75) is 45.1 Å². The quantitative estimate of drug-likeness (QED) is 0.576. The standard InChI is InChI=1S/C10H21NO3/c1-3-10(2,14)7-8(9(12)13)5-4-6-11/h8,14H,3-7,11H2,1-2H3,(H,12,13). The molecule has 0 amide bonds. The lowest BCUT2D eigenvalue weighted by Crippen LogP contribution is -2.30. The van der Waals surface area contributed by atoms with Crippen molar-refractivity contribution >= 4 is 5.97 Å². The summed E-state index contributed by atoms with van der Waals surface area (Å²) >= 11 is 0. The molecule has 0 aromatic rings. The smallest absolute Gasteiger partial charge is 0.306 e. The summed E-state index contributed by atoms with van der Waals surface area (Å²) in [6, 6.07) is 0. The van der Waals surface area contributed by atoms with Crippen molar-refractivity contribution in [1.29, 1.82) is 0 Å². The van der Waals surface area contributed by atoms with E-state index in [1.165, 1.54) is 0 Å². The number of nitrogens with two attached hydrogens (primary N) is 1. The molecular formula is C10H21NO3. The van der Waals surface area contributed by atoms with Crippen LogP contribution in [0.1, 0.15) is 39.5 Å². The Morgan fingerprint density at radius 1 is 1.57 bits per heavy atom. The molecule has 0 radical (unpaired) electrons. The van der Waals surface area contributed by atoms with Gasteiger partial charge in [-0.15, -0.1) is 0 Å². The molecule has 4 heteroatoms. The van der Waals surface area contributed by atoms with Crippen molar-refractivity contribution in [3.05, 3.63) is 0 Å². The molecule has 0 aliphatic heterocycles. The molecule has 0 aromatic heterocycles. The highest BCUT2D eigenvalue weighted by molar-refractivity contribution is 5.70. The molecule has 0 bridgehead atoms. The van der Waals surface area contributed by atoms with Gasteiger partial charge in [-0.1, -0.05) is 6.92 Å². The van der Waals surface area contributed by atoms with Crippen LogP contribution in [0.3, 0.4) is 0 Å². The number of aliphatic hydroxyl groups is 1. The summed E-state index contributed by atoms with van der Waals surface area (Å²) in [5.41, 5.74) is 4.44. The highest BCUT2D eigenvalue weighted by atomic mass is 16.4. The maximum absolute atomic E-state index is 10.8. The lowest BCUT2D eigenvalue weighted by atomic mass is 9.87. The third kappa shape index (κ3) is 5.19.